The first-order valence-electron chi connectivity index (χ1n) is 7.05. The van der Waals surface area contributed by atoms with Gasteiger partial charge in [0, 0.05) is 12.1 Å². The zero-order valence-corrected chi connectivity index (χ0v) is 12.3. The van der Waals surface area contributed by atoms with Gasteiger partial charge in [0.05, 0.1) is 19.6 Å². The largest absolute Gasteiger partial charge is 0.490 e. The van der Waals surface area contributed by atoms with Crippen molar-refractivity contribution in [3.63, 3.8) is 0 Å². The number of rotatable bonds is 10. The predicted molar refractivity (Wildman–Crippen MR) is 78.9 cm³/mol. The van der Waals surface area contributed by atoms with E-state index in [0.717, 1.165) is 18.5 Å². The van der Waals surface area contributed by atoms with Crippen LogP contribution in [0.5, 0.6) is 11.5 Å². The van der Waals surface area contributed by atoms with E-state index in [1.54, 1.807) is 0 Å². The highest BCUT2D eigenvalue weighted by Gasteiger charge is 2.11. The lowest BCUT2D eigenvalue weighted by molar-refractivity contribution is -0.118. The number of para-hydroxylation sites is 1. The minimum Gasteiger partial charge on any atom is -0.490 e. The van der Waals surface area contributed by atoms with Crippen molar-refractivity contribution in [2.24, 2.45) is 5.73 Å². The number of amides is 1. The third-order valence-electron chi connectivity index (χ3n) is 2.70. The molecule has 0 unspecified atom stereocenters. The Morgan fingerprint density at radius 2 is 2.10 bits per heavy atom. The quantitative estimate of drug-likeness (QED) is 0.641. The van der Waals surface area contributed by atoms with Crippen molar-refractivity contribution in [2.75, 3.05) is 19.8 Å². The van der Waals surface area contributed by atoms with Gasteiger partial charge in [0.15, 0.2) is 11.5 Å². The Morgan fingerprint density at radius 3 is 2.75 bits per heavy atom. The molecule has 0 fully saturated rings. The number of ether oxygens (including phenoxy) is 2. The fourth-order valence-electron chi connectivity index (χ4n) is 1.79. The monoisotopic (exact) mass is 280 g/mol. The summed E-state index contributed by atoms with van der Waals surface area (Å²) in [5, 5.41) is 3.33. The Kier molecular flexibility index (Phi) is 7.50. The smallest absolute Gasteiger partial charge is 0.220 e. The van der Waals surface area contributed by atoms with Crippen LogP contribution < -0.4 is 20.5 Å². The lowest BCUT2D eigenvalue weighted by Crippen LogP contribution is -2.17. The van der Waals surface area contributed by atoms with Gasteiger partial charge in [-0.05, 0) is 26.0 Å². The Bertz CT molecular complexity index is 422. The summed E-state index contributed by atoms with van der Waals surface area (Å²) in [6.45, 7) is 6.53. The van der Waals surface area contributed by atoms with Gasteiger partial charge in [-0.1, -0.05) is 19.1 Å². The van der Waals surface area contributed by atoms with Gasteiger partial charge in [0.1, 0.15) is 0 Å². The molecule has 1 aromatic rings. The van der Waals surface area contributed by atoms with E-state index >= 15 is 0 Å². The molecule has 0 aliphatic rings. The molecule has 1 aromatic carbocycles. The standard InChI is InChI=1S/C15H24N2O3/c1-3-9-17-11-12-6-5-7-13(19-4-2)15(12)20-10-8-14(16)18/h5-7,17H,3-4,8-11H2,1-2H3,(H2,16,18). The molecule has 0 heterocycles. The summed E-state index contributed by atoms with van der Waals surface area (Å²) >= 11 is 0. The highest BCUT2D eigenvalue weighted by atomic mass is 16.5. The number of benzene rings is 1. The van der Waals surface area contributed by atoms with E-state index in [9.17, 15) is 4.79 Å². The Hall–Kier alpha value is -1.75. The zero-order chi connectivity index (χ0) is 14.8. The van der Waals surface area contributed by atoms with Crippen LogP contribution in [-0.4, -0.2) is 25.7 Å². The van der Waals surface area contributed by atoms with Crippen LogP contribution in [0.15, 0.2) is 18.2 Å². The van der Waals surface area contributed by atoms with Crippen molar-refractivity contribution >= 4 is 5.91 Å². The van der Waals surface area contributed by atoms with Crippen molar-refractivity contribution in [1.82, 2.24) is 5.32 Å². The van der Waals surface area contributed by atoms with Crippen LogP contribution in [-0.2, 0) is 11.3 Å². The lowest BCUT2D eigenvalue weighted by atomic mass is 10.2. The highest BCUT2D eigenvalue weighted by Crippen LogP contribution is 2.31. The second-order valence-electron chi connectivity index (χ2n) is 4.42. The molecule has 0 spiro atoms. The SMILES string of the molecule is CCCNCc1cccc(OCC)c1OCCC(N)=O. The molecule has 0 aromatic heterocycles. The molecule has 0 radical (unpaired) electrons. The second kappa shape index (κ2) is 9.20. The first-order chi connectivity index (χ1) is 9.69. The molecule has 5 nitrogen and oxygen atoms in total. The summed E-state index contributed by atoms with van der Waals surface area (Å²) < 4.78 is 11.3. The van der Waals surface area contributed by atoms with Crippen LogP contribution in [0.25, 0.3) is 0 Å². The fourth-order valence-corrected chi connectivity index (χ4v) is 1.79. The minimum atomic E-state index is -0.371. The predicted octanol–water partition coefficient (Wildman–Crippen LogP) is 1.84. The lowest BCUT2D eigenvalue weighted by Gasteiger charge is -2.16. The van der Waals surface area contributed by atoms with Crippen LogP contribution in [0, 0.1) is 0 Å². The first-order valence-corrected chi connectivity index (χ1v) is 7.05. The Morgan fingerprint density at radius 1 is 1.30 bits per heavy atom. The number of nitrogens with two attached hydrogens (primary N) is 1. The van der Waals surface area contributed by atoms with E-state index in [4.69, 9.17) is 15.2 Å². The summed E-state index contributed by atoms with van der Waals surface area (Å²) in [5.41, 5.74) is 6.15. The average Bonchev–Trinajstić information content (AvgIpc) is 2.41. The zero-order valence-electron chi connectivity index (χ0n) is 12.3. The molecule has 5 heteroatoms. The maximum absolute atomic E-state index is 10.8. The maximum atomic E-state index is 10.8. The number of nitrogens with one attached hydrogen (secondary N) is 1. The molecule has 0 bridgehead atoms. The van der Waals surface area contributed by atoms with Crippen molar-refractivity contribution in [2.45, 2.75) is 33.2 Å². The van der Waals surface area contributed by atoms with Gasteiger partial charge in [-0.2, -0.15) is 0 Å². The Labute approximate surface area is 120 Å². The van der Waals surface area contributed by atoms with E-state index in [1.807, 2.05) is 25.1 Å². The molecular formula is C15H24N2O3. The number of primary amides is 1. The van der Waals surface area contributed by atoms with Crippen molar-refractivity contribution in [3.8, 4) is 11.5 Å². The van der Waals surface area contributed by atoms with Crippen LogP contribution in [0.1, 0.15) is 32.3 Å². The van der Waals surface area contributed by atoms with Crippen LogP contribution in [0.4, 0.5) is 0 Å². The highest BCUT2D eigenvalue weighted by molar-refractivity contribution is 5.73. The molecule has 1 rings (SSSR count). The molecule has 3 N–H and O–H groups in total. The summed E-state index contributed by atoms with van der Waals surface area (Å²) in [5.74, 6) is 1.02. The summed E-state index contributed by atoms with van der Waals surface area (Å²) in [6.07, 6.45) is 1.27. The maximum Gasteiger partial charge on any atom is 0.220 e. The first kappa shape index (κ1) is 16.3. The molecule has 0 aliphatic carbocycles. The van der Waals surface area contributed by atoms with Gasteiger partial charge in [-0.25, -0.2) is 0 Å². The topological polar surface area (TPSA) is 73.6 Å². The fraction of sp³-hybridized carbons (Fsp3) is 0.533. The summed E-state index contributed by atoms with van der Waals surface area (Å²) in [6, 6.07) is 5.80. The van der Waals surface area contributed by atoms with E-state index in [2.05, 4.69) is 12.2 Å². The molecule has 112 valence electrons. The van der Waals surface area contributed by atoms with Crippen LogP contribution in [0.2, 0.25) is 0 Å². The summed E-state index contributed by atoms with van der Waals surface area (Å²) in [4.78, 5) is 10.8. The van der Waals surface area contributed by atoms with Gasteiger partial charge in [-0.15, -0.1) is 0 Å². The molecule has 0 saturated carbocycles. The Balaban J connectivity index is 2.78. The van der Waals surface area contributed by atoms with Crippen molar-refractivity contribution in [1.29, 1.82) is 0 Å². The van der Waals surface area contributed by atoms with Gasteiger partial charge in [-0.3, -0.25) is 4.79 Å². The number of hydrogen-bond donors (Lipinski definition) is 2. The second-order valence-corrected chi connectivity index (χ2v) is 4.42. The third-order valence-corrected chi connectivity index (χ3v) is 2.70. The number of carbonyl (C=O) groups excluding carboxylic acids is 1. The van der Waals surface area contributed by atoms with Gasteiger partial charge < -0.3 is 20.5 Å². The van der Waals surface area contributed by atoms with E-state index in [-0.39, 0.29) is 18.9 Å². The van der Waals surface area contributed by atoms with Crippen LogP contribution in [0.3, 0.4) is 0 Å². The van der Waals surface area contributed by atoms with Gasteiger partial charge >= 0.3 is 0 Å². The molecule has 1 amide bonds. The van der Waals surface area contributed by atoms with Gasteiger partial charge in [0.2, 0.25) is 5.91 Å². The number of carbonyl (C=O) groups is 1. The van der Waals surface area contributed by atoms with E-state index < -0.39 is 0 Å². The number of hydrogen-bond acceptors (Lipinski definition) is 4. The molecule has 0 aliphatic heterocycles. The third kappa shape index (κ3) is 5.48. The normalized spacial score (nSPS) is 10.3. The molecule has 0 saturated heterocycles. The average molecular weight is 280 g/mol. The van der Waals surface area contributed by atoms with Crippen LogP contribution >= 0.6 is 0 Å². The molecule has 0 atom stereocenters. The van der Waals surface area contributed by atoms with Crippen molar-refractivity contribution in [3.05, 3.63) is 23.8 Å². The van der Waals surface area contributed by atoms with Gasteiger partial charge in [0.25, 0.3) is 0 Å². The summed E-state index contributed by atoms with van der Waals surface area (Å²) in [7, 11) is 0. The van der Waals surface area contributed by atoms with Crippen molar-refractivity contribution < 1.29 is 14.3 Å². The molecule has 20 heavy (non-hydrogen) atoms. The minimum absolute atomic E-state index is 0.197. The molecular weight excluding hydrogens is 256 g/mol. The van der Waals surface area contributed by atoms with E-state index in [0.29, 0.717) is 24.7 Å². The van der Waals surface area contributed by atoms with E-state index in [1.165, 1.54) is 0 Å².